The van der Waals surface area contributed by atoms with E-state index in [0.717, 1.165) is 72.0 Å². The molecule has 0 amide bonds. The molecule has 4 aliphatic carbocycles. The molecule has 5 N–H and O–H groups in total. The van der Waals surface area contributed by atoms with Crippen LogP contribution in [0.15, 0.2) is 54.1 Å². The third-order valence-corrected chi connectivity index (χ3v) is 13.6. The zero-order valence-corrected chi connectivity index (χ0v) is 30.3. The predicted octanol–water partition coefficient (Wildman–Crippen LogP) is 10.3. The number of anilines is 2. The maximum atomic E-state index is 13.3. The van der Waals surface area contributed by atoms with Crippen LogP contribution in [-0.2, 0) is 4.79 Å². The Bertz CT molecular complexity index is 1610. The largest absolute Gasteiger partial charge is 0.478 e. The summed E-state index contributed by atoms with van der Waals surface area (Å²) >= 11 is 0. The van der Waals surface area contributed by atoms with E-state index in [4.69, 9.17) is 16.2 Å². The fraction of sp³-hybridized carbons (Fsp3) is 0.581. The number of carbonyl (C=O) groups is 2. The van der Waals surface area contributed by atoms with Crippen LogP contribution in [0.25, 0.3) is 6.08 Å². The van der Waals surface area contributed by atoms with Gasteiger partial charge >= 0.3 is 11.9 Å². The molecule has 264 valence electrons. The molecule has 49 heavy (non-hydrogen) atoms. The number of aliphatic carboxylic acids is 1. The highest BCUT2D eigenvalue weighted by atomic mass is 16.5. The molecule has 6 nitrogen and oxygen atoms in total. The minimum atomic E-state index is -0.996. The molecular weight excluding hydrogens is 608 g/mol. The number of hydrogen-bond acceptors (Lipinski definition) is 5. The van der Waals surface area contributed by atoms with Crippen molar-refractivity contribution in [2.45, 2.75) is 111 Å². The van der Waals surface area contributed by atoms with Crippen molar-refractivity contribution < 1.29 is 19.4 Å². The number of benzene rings is 2. The van der Waals surface area contributed by atoms with Gasteiger partial charge in [0.25, 0.3) is 0 Å². The highest BCUT2D eigenvalue weighted by molar-refractivity contribution is 5.93. The first-order chi connectivity index (χ1) is 23.3. The molecule has 0 aliphatic heterocycles. The molecule has 3 saturated carbocycles. The molecule has 3 fully saturated rings. The Morgan fingerprint density at radius 3 is 2.43 bits per heavy atom. The Morgan fingerprint density at radius 2 is 1.71 bits per heavy atom. The summed E-state index contributed by atoms with van der Waals surface area (Å²) < 4.78 is 6.04. The number of nitrogen functional groups attached to an aromatic ring is 2. The second kappa shape index (κ2) is 14.0. The number of esters is 1. The first-order valence-electron chi connectivity index (χ1n) is 18.9. The van der Waals surface area contributed by atoms with Crippen molar-refractivity contribution in [1.82, 2.24) is 0 Å². The van der Waals surface area contributed by atoms with Gasteiger partial charge in [0.15, 0.2) is 0 Å². The molecule has 2 aromatic carbocycles. The van der Waals surface area contributed by atoms with Crippen LogP contribution < -0.4 is 16.2 Å². The Balaban J connectivity index is 1.23. The topological polar surface area (TPSA) is 116 Å². The highest BCUT2D eigenvalue weighted by Crippen LogP contribution is 2.68. The van der Waals surface area contributed by atoms with Crippen molar-refractivity contribution in [2.24, 2.45) is 46.3 Å². The normalized spacial score (nSPS) is 31.5. The van der Waals surface area contributed by atoms with Crippen LogP contribution in [0.4, 0.5) is 11.4 Å². The quantitative estimate of drug-likeness (QED) is 0.0764. The van der Waals surface area contributed by atoms with Crippen molar-refractivity contribution in [1.29, 1.82) is 0 Å². The molecular formula is C43H58N2O4. The lowest BCUT2D eigenvalue weighted by Gasteiger charge is -2.58. The fourth-order valence-corrected chi connectivity index (χ4v) is 11.2. The van der Waals surface area contributed by atoms with Crippen LogP contribution in [0.1, 0.15) is 133 Å². The summed E-state index contributed by atoms with van der Waals surface area (Å²) in [5, 5.41) is 9.27. The van der Waals surface area contributed by atoms with Gasteiger partial charge in [-0.3, -0.25) is 0 Å². The van der Waals surface area contributed by atoms with Gasteiger partial charge < -0.3 is 21.3 Å². The third-order valence-electron chi connectivity index (χ3n) is 13.6. The van der Waals surface area contributed by atoms with E-state index in [1.165, 1.54) is 51.4 Å². The lowest BCUT2D eigenvalue weighted by Crippen LogP contribution is -2.50. The van der Waals surface area contributed by atoms with Crippen LogP contribution in [0.2, 0.25) is 0 Å². The number of fused-ring (bicyclic) bond motifs is 5. The first kappa shape index (κ1) is 35.3. The van der Waals surface area contributed by atoms with E-state index in [1.54, 1.807) is 42.0 Å². The lowest BCUT2D eigenvalue weighted by molar-refractivity contribution is -0.131. The Hall–Kier alpha value is -3.54. The molecule has 0 radical (unpaired) electrons. The Kier molecular flexibility index (Phi) is 10.1. The van der Waals surface area contributed by atoms with Crippen molar-refractivity contribution in [2.75, 3.05) is 11.5 Å². The number of rotatable bonds is 10. The van der Waals surface area contributed by atoms with Gasteiger partial charge in [0.05, 0.1) is 5.56 Å². The number of nitrogens with two attached hydrogens (primary N) is 2. The molecule has 0 aromatic heterocycles. The van der Waals surface area contributed by atoms with Crippen molar-refractivity contribution in [3.63, 3.8) is 0 Å². The van der Waals surface area contributed by atoms with E-state index in [-0.39, 0.29) is 11.3 Å². The smallest absolute Gasteiger partial charge is 0.343 e. The molecule has 0 saturated heterocycles. The summed E-state index contributed by atoms with van der Waals surface area (Å²) in [5.41, 5.74) is 17.0. The second-order valence-corrected chi connectivity index (χ2v) is 17.0. The molecule has 0 spiro atoms. The molecule has 0 unspecified atom stereocenters. The summed E-state index contributed by atoms with van der Waals surface area (Å²) in [7, 11) is 0. The van der Waals surface area contributed by atoms with Gasteiger partial charge in [0.2, 0.25) is 0 Å². The third kappa shape index (κ3) is 7.07. The summed E-state index contributed by atoms with van der Waals surface area (Å²) in [4.78, 5) is 24.6. The Morgan fingerprint density at radius 1 is 0.959 bits per heavy atom. The van der Waals surface area contributed by atoms with E-state index < -0.39 is 11.9 Å². The number of carboxylic acid groups (broad SMARTS) is 1. The molecule has 0 heterocycles. The first-order valence-corrected chi connectivity index (χ1v) is 18.9. The fourth-order valence-electron chi connectivity index (χ4n) is 11.2. The zero-order valence-electron chi connectivity index (χ0n) is 30.3. The summed E-state index contributed by atoms with van der Waals surface area (Å²) in [6.45, 7) is 12.5. The van der Waals surface area contributed by atoms with E-state index in [0.29, 0.717) is 28.1 Å². The summed E-state index contributed by atoms with van der Waals surface area (Å²) in [5.74, 6) is 3.93. The minimum Gasteiger partial charge on any atom is -0.478 e. The molecule has 6 rings (SSSR count). The van der Waals surface area contributed by atoms with E-state index in [2.05, 4.69) is 40.7 Å². The van der Waals surface area contributed by atoms with Gasteiger partial charge in [0, 0.05) is 17.5 Å². The maximum Gasteiger partial charge on any atom is 0.343 e. The van der Waals surface area contributed by atoms with Crippen LogP contribution in [0.5, 0.6) is 5.75 Å². The molecule has 8 atom stereocenters. The van der Waals surface area contributed by atoms with Gasteiger partial charge in [0.1, 0.15) is 5.75 Å². The van der Waals surface area contributed by atoms with Crippen LogP contribution >= 0.6 is 0 Å². The van der Waals surface area contributed by atoms with Crippen molar-refractivity contribution >= 4 is 29.4 Å². The zero-order chi connectivity index (χ0) is 35.1. The molecule has 6 heteroatoms. The van der Waals surface area contributed by atoms with Gasteiger partial charge in [-0.2, -0.15) is 0 Å². The highest BCUT2D eigenvalue weighted by Gasteiger charge is 2.59. The van der Waals surface area contributed by atoms with Gasteiger partial charge in [-0.15, -0.1) is 0 Å². The van der Waals surface area contributed by atoms with E-state index in [9.17, 15) is 14.7 Å². The van der Waals surface area contributed by atoms with E-state index in [1.807, 2.05) is 6.07 Å². The summed E-state index contributed by atoms with van der Waals surface area (Å²) in [6, 6.07) is 10.4. The number of hydrogen-bond donors (Lipinski definition) is 3. The molecule has 2 aromatic rings. The van der Waals surface area contributed by atoms with Crippen LogP contribution in [0.3, 0.4) is 0 Å². The molecule has 0 bridgehead atoms. The van der Waals surface area contributed by atoms with Gasteiger partial charge in [-0.25, -0.2) is 9.59 Å². The number of carbonyl (C=O) groups excluding carboxylic acids is 1. The number of carboxylic acids is 1. The van der Waals surface area contributed by atoms with Gasteiger partial charge in [-0.05, 0) is 151 Å². The Labute approximate surface area is 293 Å². The predicted molar refractivity (Wildman–Crippen MR) is 199 cm³/mol. The van der Waals surface area contributed by atoms with Gasteiger partial charge in [-0.1, -0.05) is 71.6 Å². The van der Waals surface area contributed by atoms with E-state index >= 15 is 0 Å². The number of ether oxygens (including phenoxy) is 1. The average molecular weight is 667 g/mol. The second-order valence-electron chi connectivity index (χ2n) is 17.0. The lowest BCUT2D eigenvalue weighted by atomic mass is 9.46. The SMILES string of the molecule is CC(C)CCC[C@@H](C)[C@H]1CC[C@H]2[C@@H]3CC=C4C[C@@H](c5cc(/C=C/C(=O)O)ccc5OC(=O)c5cc(N)cc(N)c5)CC[C@]4(C)[C@H]3CC[C@]12C. The molecule has 4 aliphatic rings. The number of allylic oxidation sites excluding steroid dienone is 2. The van der Waals surface area contributed by atoms with Crippen LogP contribution in [-0.4, -0.2) is 17.0 Å². The standard InChI is InChI=1S/C43H58N2O4/c1-26(2)7-6-8-27(3)36-13-14-37-34-12-11-31-22-29(17-19-42(31,4)38(34)18-20-43(36,37)5)35-21-28(10-16-40(46)47)9-15-39(35)49-41(48)30-23-32(44)25-33(45)24-30/h9-11,15-16,21,23-27,29,34,36-38H,6-8,12-14,17-20,22,44-45H2,1-5H3,(H,46,47)/b16-10+/t27-,29+,34+,36-,37+,38+,42+,43-/m1/s1. The monoisotopic (exact) mass is 666 g/mol. The minimum absolute atomic E-state index is 0.166. The maximum absolute atomic E-state index is 13.3. The van der Waals surface area contributed by atoms with Crippen molar-refractivity contribution in [3.8, 4) is 5.75 Å². The average Bonchev–Trinajstić information content (AvgIpc) is 3.40. The summed E-state index contributed by atoms with van der Waals surface area (Å²) in [6.07, 6.45) is 19.1. The van der Waals surface area contributed by atoms with Crippen molar-refractivity contribution in [3.05, 3.63) is 70.8 Å². The van der Waals surface area contributed by atoms with Crippen LogP contribution in [0, 0.1) is 46.3 Å².